The van der Waals surface area contributed by atoms with E-state index >= 15 is 0 Å². The van der Waals surface area contributed by atoms with E-state index in [0.717, 1.165) is 0 Å². The number of anilines is 1. The highest BCUT2D eigenvalue weighted by molar-refractivity contribution is 5.62. The summed E-state index contributed by atoms with van der Waals surface area (Å²) in [5.74, 6) is 5.35. The predicted molar refractivity (Wildman–Crippen MR) is 56.5 cm³/mol. The highest BCUT2D eigenvalue weighted by Gasteiger charge is 2.01. The molecule has 0 spiro atoms. The van der Waals surface area contributed by atoms with E-state index in [4.69, 9.17) is 16.5 Å². The Kier molecular flexibility index (Phi) is 3.61. The lowest BCUT2D eigenvalue weighted by atomic mass is 10.1. The van der Waals surface area contributed by atoms with Crippen LogP contribution in [0, 0.1) is 23.2 Å². The normalized spacial score (nSPS) is 7.93. The van der Waals surface area contributed by atoms with Gasteiger partial charge in [0, 0.05) is 10.5 Å². The van der Waals surface area contributed by atoms with Crippen LogP contribution in [0.15, 0.2) is 23.3 Å². The smallest absolute Gasteiger partial charge is 0.103 e. The van der Waals surface area contributed by atoms with Crippen molar-refractivity contribution in [2.75, 3.05) is 12.3 Å². The minimum atomic E-state index is 0.0795. The van der Waals surface area contributed by atoms with Crippen molar-refractivity contribution in [3.05, 3.63) is 39.8 Å². The number of hydrogen-bond acceptors (Lipinski definition) is 3. The number of nitrogens with zero attached hydrogens (tertiary/aromatic N) is 4. The van der Waals surface area contributed by atoms with Crippen LogP contribution in [0.4, 0.5) is 5.69 Å². The van der Waals surface area contributed by atoms with E-state index in [0.29, 0.717) is 16.8 Å². The summed E-state index contributed by atoms with van der Waals surface area (Å²) in [5, 5.41) is 12.1. The van der Waals surface area contributed by atoms with Crippen LogP contribution in [-0.2, 0) is 0 Å². The molecular formula is C10H7N5. The monoisotopic (exact) mass is 197 g/mol. The average molecular weight is 197 g/mol. The Bertz CT molecular complexity index is 509. The first-order chi connectivity index (χ1) is 7.29. The number of nitrogens with two attached hydrogens (primary N) is 1. The molecule has 0 fully saturated rings. The molecule has 0 bridgehead atoms. The van der Waals surface area contributed by atoms with Crippen LogP contribution in [0.1, 0.15) is 11.1 Å². The van der Waals surface area contributed by atoms with Gasteiger partial charge in [0.25, 0.3) is 0 Å². The average Bonchev–Trinajstić information content (AvgIpc) is 2.24. The van der Waals surface area contributed by atoms with E-state index in [1.54, 1.807) is 18.2 Å². The third-order valence-electron chi connectivity index (χ3n) is 1.64. The first-order valence-electron chi connectivity index (χ1n) is 4.08. The van der Waals surface area contributed by atoms with Crippen LogP contribution in [0.2, 0.25) is 0 Å². The van der Waals surface area contributed by atoms with Gasteiger partial charge in [0.15, 0.2) is 0 Å². The van der Waals surface area contributed by atoms with Crippen molar-refractivity contribution < 1.29 is 0 Å². The molecule has 0 atom stereocenters. The molecule has 0 saturated carbocycles. The molecule has 0 radical (unpaired) electrons. The van der Waals surface area contributed by atoms with E-state index in [2.05, 4.69) is 21.9 Å². The molecule has 2 N–H and O–H groups in total. The van der Waals surface area contributed by atoms with Crippen LogP contribution in [0.5, 0.6) is 0 Å². The number of azide groups is 1. The van der Waals surface area contributed by atoms with Gasteiger partial charge in [-0.15, -0.1) is 0 Å². The van der Waals surface area contributed by atoms with E-state index in [1.807, 2.05) is 6.07 Å². The zero-order valence-electron chi connectivity index (χ0n) is 7.81. The highest BCUT2D eigenvalue weighted by Crippen LogP contribution is 2.14. The van der Waals surface area contributed by atoms with Crippen LogP contribution < -0.4 is 5.73 Å². The fourth-order valence-electron chi connectivity index (χ4n) is 1.00. The van der Waals surface area contributed by atoms with Gasteiger partial charge in [0.2, 0.25) is 0 Å². The zero-order valence-corrected chi connectivity index (χ0v) is 7.81. The van der Waals surface area contributed by atoms with Gasteiger partial charge in [0.05, 0.1) is 17.8 Å². The first-order valence-corrected chi connectivity index (χ1v) is 4.08. The summed E-state index contributed by atoms with van der Waals surface area (Å²) >= 11 is 0. The summed E-state index contributed by atoms with van der Waals surface area (Å²) in [5.41, 5.74) is 14.9. The molecule has 1 aromatic rings. The van der Waals surface area contributed by atoms with Gasteiger partial charge in [-0.25, -0.2) is 0 Å². The predicted octanol–water partition coefficient (Wildman–Crippen LogP) is 1.80. The highest BCUT2D eigenvalue weighted by atomic mass is 15.1. The number of benzene rings is 1. The second-order valence-electron chi connectivity index (χ2n) is 2.57. The molecule has 0 aliphatic heterocycles. The second kappa shape index (κ2) is 5.18. The van der Waals surface area contributed by atoms with E-state index in [1.165, 1.54) is 0 Å². The van der Waals surface area contributed by atoms with Crippen molar-refractivity contribution in [2.24, 2.45) is 5.11 Å². The number of nitriles is 1. The van der Waals surface area contributed by atoms with Crippen molar-refractivity contribution in [1.29, 1.82) is 5.26 Å². The Morgan fingerprint density at radius 2 is 2.33 bits per heavy atom. The minimum absolute atomic E-state index is 0.0795. The molecule has 1 aromatic carbocycles. The lowest BCUT2D eigenvalue weighted by Gasteiger charge is -1.98. The summed E-state index contributed by atoms with van der Waals surface area (Å²) in [6.45, 7) is 0.0795. The lowest BCUT2D eigenvalue weighted by molar-refractivity contribution is 1.25. The maximum atomic E-state index is 8.82. The van der Waals surface area contributed by atoms with Crippen LogP contribution in [0.3, 0.4) is 0 Å². The van der Waals surface area contributed by atoms with Gasteiger partial charge in [-0.05, 0) is 17.7 Å². The van der Waals surface area contributed by atoms with Crippen LogP contribution >= 0.6 is 0 Å². The van der Waals surface area contributed by atoms with E-state index < -0.39 is 0 Å². The Balaban J connectivity index is 3.03. The Morgan fingerprint density at radius 3 is 3.00 bits per heavy atom. The number of hydrogen-bond donors (Lipinski definition) is 1. The fraction of sp³-hybridized carbons (Fsp3) is 0.100. The van der Waals surface area contributed by atoms with Crippen molar-refractivity contribution in [2.45, 2.75) is 0 Å². The molecule has 1 rings (SSSR count). The molecule has 15 heavy (non-hydrogen) atoms. The molecule has 0 unspecified atom stereocenters. The molecule has 0 aliphatic carbocycles. The third kappa shape index (κ3) is 2.67. The molecule has 72 valence electrons. The van der Waals surface area contributed by atoms with E-state index in [9.17, 15) is 0 Å². The van der Waals surface area contributed by atoms with Crippen molar-refractivity contribution in [3.63, 3.8) is 0 Å². The first kappa shape index (κ1) is 10.5. The topological polar surface area (TPSA) is 98.6 Å². The summed E-state index contributed by atoms with van der Waals surface area (Å²) in [7, 11) is 0. The molecule has 0 amide bonds. The van der Waals surface area contributed by atoms with Gasteiger partial charge in [-0.1, -0.05) is 23.0 Å². The van der Waals surface area contributed by atoms with Crippen LogP contribution in [0.25, 0.3) is 10.4 Å². The molecule has 0 aliphatic rings. The molecular weight excluding hydrogens is 190 g/mol. The van der Waals surface area contributed by atoms with Crippen molar-refractivity contribution in [1.82, 2.24) is 0 Å². The summed E-state index contributed by atoms with van der Waals surface area (Å²) < 4.78 is 0. The quantitative estimate of drug-likeness (QED) is 0.244. The SMILES string of the molecule is N#Cc1c(N)cccc1C#CCN=[N+]=[N-]. The molecule has 5 heteroatoms. The second-order valence-corrected chi connectivity index (χ2v) is 2.57. The Hall–Kier alpha value is -2.62. The molecule has 0 aromatic heterocycles. The van der Waals surface area contributed by atoms with Gasteiger partial charge < -0.3 is 5.73 Å². The third-order valence-corrected chi connectivity index (χ3v) is 1.64. The standard InChI is InChI=1S/C10H7N5/c11-7-9-8(3-1-5-10(9)12)4-2-6-14-15-13/h1,3,5H,6,12H2. The Morgan fingerprint density at radius 1 is 1.53 bits per heavy atom. The molecule has 5 nitrogen and oxygen atoms in total. The Labute approximate surface area is 86.8 Å². The summed E-state index contributed by atoms with van der Waals surface area (Å²) in [6.07, 6.45) is 0. The molecule has 0 heterocycles. The maximum absolute atomic E-state index is 8.82. The van der Waals surface area contributed by atoms with Gasteiger partial charge >= 0.3 is 0 Å². The van der Waals surface area contributed by atoms with Gasteiger partial charge in [-0.3, -0.25) is 0 Å². The van der Waals surface area contributed by atoms with Crippen molar-refractivity contribution >= 4 is 5.69 Å². The summed E-state index contributed by atoms with van der Waals surface area (Å²) in [6, 6.07) is 7.02. The van der Waals surface area contributed by atoms with E-state index in [-0.39, 0.29) is 6.54 Å². The largest absolute Gasteiger partial charge is 0.398 e. The van der Waals surface area contributed by atoms with Crippen molar-refractivity contribution in [3.8, 4) is 17.9 Å². The van der Waals surface area contributed by atoms with Gasteiger partial charge in [0.1, 0.15) is 6.07 Å². The maximum Gasteiger partial charge on any atom is 0.103 e. The van der Waals surface area contributed by atoms with Crippen LogP contribution in [-0.4, -0.2) is 6.54 Å². The number of rotatable bonds is 1. The summed E-state index contributed by atoms with van der Waals surface area (Å²) in [4.78, 5) is 2.56. The minimum Gasteiger partial charge on any atom is -0.398 e. The molecule has 0 saturated heterocycles. The fourth-order valence-corrected chi connectivity index (χ4v) is 1.00. The number of nitrogen functional groups attached to an aromatic ring is 1. The lowest BCUT2D eigenvalue weighted by Crippen LogP contribution is -1.93. The van der Waals surface area contributed by atoms with Gasteiger partial charge in [-0.2, -0.15) is 5.26 Å². The zero-order chi connectivity index (χ0) is 11.1.